The number of hydrogen-bond donors (Lipinski definition) is 0. The number of hydrogen-bond acceptors (Lipinski definition) is 1. The molecule has 0 bridgehead atoms. The Balaban J connectivity index is 2.19. The van der Waals surface area contributed by atoms with Gasteiger partial charge in [0.1, 0.15) is 0 Å². The van der Waals surface area contributed by atoms with Crippen LogP contribution in [0.25, 0.3) is 10.9 Å². The minimum atomic E-state index is 0.515. The number of aromatic nitrogens is 1. The van der Waals surface area contributed by atoms with Gasteiger partial charge in [0.25, 0.3) is 0 Å². The molecule has 0 aliphatic carbocycles. The summed E-state index contributed by atoms with van der Waals surface area (Å²) < 4.78 is 0. The molecular weight excluding hydrogens is 274 g/mol. The largest absolute Gasteiger partial charge is 0.253 e. The molecule has 0 amide bonds. The summed E-state index contributed by atoms with van der Waals surface area (Å²) in [4.78, 5) is 5.22. The van der Waals surface area contributed by atoms with Crippen LogP contribution in [0, 0.1) is 5.92 Å². The van der Waals surface area contributed by atoms with E-state index in [-0.39, 0.29) is 0 Å². The second kappa shape index (κ2) is 5.63. The van der Waals surface area contributed by atoms with Crippen LogP contribution in [0.5, 0.6) is 0 Å². The van der Waals surface area contributed by atoms with Gasteiger partial charge in [0, 0.05) is 22.3 Å². The van der Waals surface area contributed by atoms with E-state index in [1.807, 2.05) is 6.07 Å². The Kier molecular flexibility index (Phi) is 4.16. The summed E-state index contributed by atoms with van der Waals surface area (Å²) in [5.41, 5.74) is 2.26. The number of alkyl halides is 1. The SMILES string of the molecule is CCC(C)C(Br)Cc1ccc2ccccc2n1. The van der Waals surface area contributed by atoms with E-state index in [1.165, 1.54) is 17.5 Å². The molecule has 1 heterocycles. The molecule has 2 atom stereocenters. The van der Waals surface area contributed by atoms with Crippen molar-refractivity contribution in [2.45, 2.75) is 31.5 Å². The van der Waals surface area contributed by atoms with Gasteiger partial charge < -0.3 is 0 Å². The maximum Gasteiger partial charge on any atom is 0.0705 e. The average molecular weight is 292 g/mol. The molecule has 0 fully saturated rings. The molecule has 1 aromatic heterocycles. The van der Waals surface area contributed by atoms with Gasteiger partial charge in [0.05, 0.1) is 5.52 Å². The van der Waals surface area contributed by atoms with Gasteiger partial charge in [-0.1, -0.05) is 60.5 Å². The summed E-state index contributed by atoms with van der Waals surface area (Å²) >= 11 is 3.76. The number of benzene rings is 1. The van der Waals surface area contributed by atoms with Gasteiger partial charge in [0.15, 0.2) is 0 Å². The van der Waals surface area contributed by atoms with Gasteiger partial charge in [0.2, 0.25) is 0 Å². The van der Waals surface area contributed by atoms with Crippen LogP contribution in [-0.4, -0.2) is 9.81 Å². The third kappa shape index (κ3) is 3.06. The van der Waals surface area contributed by atoms with E-state index in [1.54, 1.807) is 0 Å². The number of para-hydroxylation sites is 1. The minimum absolute atomic E-state index is 0.515. The molecule has 2 aromatic rings. The zero-order valence-corrected chi connectivity index (χ0v) is 11.9. The monoisotopic (exact) mass is 291 g/mol. The molecule has 1 aromatic carbocycles. The van der Waals surface area contributed by atoms with Crippen molar-refractivity contribution in [3.63, 3.8) is 0 Å². The van der Waals surface area contributed by atoms with Crippen molar-refractivity contribution in [3.8, 4) is 0 Å². The first-order valence-corrected chi connectivity index (χ1v) is 7.11. The predicted octanol–water partition coefficient (Wildman–Crippen LogP) is 4.59. The molecule has 0 N–H and O–H groups in total. The van der Waals surface area contributed by atoms with E-state index in [4.69, 9.17) is 4.98 Å². The van der Waals surface area contributed by atoms with Gasteiger partial charge in [-0.2, -0.15) is 0 Å². The summed E-state index contributed by atoms with van der Waals surface area (Å²) in [6, 6.07) is 12.6. The first-order chi connectivity index (χ1) is 8.20. The fraction of sp³-hybridized carbons (Fsp3) is 0.400. The highest BCUT2D eigenvalue weighted by atomic mass is 79.9. The number of pyridine rings is 1. The van der Waals surface area contributed by atoms with Crippen LogP contribution in [0.15, 0.2) is 36.4 Å². The predicted molar refractivity (Wildman–Crippen MR) is 77.6 cm³/mol. The van der Waals surface area contributed by atoms with Crippen LogP contribution in [0.4, 0.5) is 0 Å². The number of halogens is 1. The quantitative estimate of drug-likeness (QED) is 0.751. The van der Waals surface area contributed by atoms with E-state index >= 15 is 0 Å². The van der Waals surface area contributed by atoms with E-state index in [9.17, 15) is 0 Å². The minimum Gasteiger partial charge on any atom is -0.253 e. The Morgan fingerprint density at radius 3 is 2.71 bits per heavy atom. The Bertz CT molecular complexity index is 495. The Morgan fingerprint density at radius 1 is 1.18 bits per heavy atom. The molecule has 0 aliphatic rings. The average Bonchev–Trinajstić information content (AvgIpc) is 2.37. The third-order valence-corrected chi connectivity index (χ3v) is 4.55. The Morgan fingerprint density at radius 2 is 1.94 bits per heavy atom. The standard InChI is InChI=1S/C15H18BrN/c1-3-11(2)14(16)10-13-9-8-12-6-4-5-7-15(12)17-13/h4-9,11,14H,3,10H2,1-2H3. The molecule has 0 saturated carbocycles. The molecule has 17 heavy (non-hydrogen) atoms. The van der Waals surface area contributed by atoms with Crippen molar-refractivity contribution in [2.75, 3.05) is 0 Å². The molecule has 0 aliphatic heterocycles. The van der Waals surface area contributed by atoms with E-state index in [0.29, 0.717) is 10.7 Å². The Hall–Kier alpha value is -0.890. The first-order valence-electron chi connectivity index (χ1n) is 6.19. The van der Waals surface area contributed by atoms with Crippen molar-refractivity contribution in [2.24, 2.45) is 5.92 Å². The number of rotatable bonds is 4. The van der Waals surface area contributed by atoms with Crippen molar-refractivity contribution in [3.05, 3.63) is 42.1 Å². The zero-order chi connectivity index (χ0) is 12.3. The molecule has 90 valence electrons. The summed E-state index contributed by atoms with van der Waals surface area (Å²) in [6.45, 7) is 4.51. The van der Waals surface area contributed by atoms with Crippen LogP contribution in [0.2, 0.25) is 0 Å². The van der Waals surface area contributed by atoms with Crippen molar-refractivity contribution < 1.29 is 0 Å². The zero-order valence-electron chi connectivity index (χ0n) is 10.4. The maximum atomic E-state index is 4.70. The fourth-order valence-electron chi connectivity index (χ4n) is 1.88. The summed E-state index contributed by atoms with van der Waals surface area (Å²) in [5, 5.41) is 1.21. The lowest BCUT2D eigenvalue weighted by Crippen LogP contribution is -2.13. The molecular formula is C15H18BrN. The Labute approximate surface area is 111 Å². The van der Waals surface area contributed by atoms with Crippen LogP contribution < -0.4 is 0 Å². The lowest BCUT2D eigenvalue weighted by molar-refractivity contribution is 0.535. The van der Waals surface area contributed by atoms with E-state index in [0.717, 1.165) is 11.9 Å². The second-order valence-electron chi connectivity index (χ2n) is 4.60. The molecule has 2 heteroatoms. The first kappa shape index (κ1) is 12.6. The van der Waals surface area contributed by atoms with Crippen LogP contribution >= 0.6 is 15.9 Å². The molecule has 2 unspecified atom stereocenters. The molecule has 1 nitrogen and oxygen atoms in total. The van der Waals surface area contributed by atoms with Crippen LogP contribution in [-0.2, 0) is 6.42 Å². The summed E-state index contributed by atoms with van der Waals surface area (Å²) in [7, 11) is 0. The highest BCUT2D eigenvalue weighted by Crippen LogP contribution is 2.21. The maximum absolute atomic E-state index is 4.70. The summed E-state index contributed by atoms with van der Waals surface area (Å²) in [5.74, 6) is 0.684. The lowest BCUT2D eigenvalue weighted by Gasteiger charge is -2.16. The molecule has 0 saturated heterocycles. The van der Waals surface area contributed by atoms with Gasteiger partial charge in [-0.15, -0.1) is 0 Å². The van der Waals surface area contributed by atoms with E-state index < -0.39 is 0 Å². The van der Waals surface area contributed by atoms with Crippen molar-refractivity contribution >= 4 is 26.8 Å². The third-order valence-electron chi connectivity index (χ3n) is 3.32. The van der Waals surface area contributed by atoms with Crippen LogP contribution in [0.1, 0.15) is 26.0 Å². The molecule has 0 radical (unpaired) electrons. The molecule has 2 rings (SSSR count). The topological polar surface area (TPSA) is 12.9 Å². The van der Waals surface area contributed by atoms with Gasteiger partial charge in [-0.05, 0) is 18.1 Å². The van der Waals surface area contributed by atoms with Gasteiger partial charge in [-0.25, -0.2) is 0 Å². The van der Waals surface area contributed by atoms with Crippen molar-refractivity contribution in [1.82, 2.24) is 4.98 Å². The highest BCUT2D eigenvalue weighted by Gasteiger charge is 2.13. The normalized spacial score (nSPS) is 14.8. The van der Waals surface area contributed by atoms with Gasteiger partial charge >= 0.3 is 0 Å². The molecule has 0 spiro atoms. The van der Waals surface area contributed by atoms with Gasteiger partial charge in [-0.3, -0.25) is 4.98 Å². The number of fused-ring (bicyclic) bond motifs is 1. The van der Waals surface area contributed by atoms with Crippen LogP contribution in [0.3, 0.4) is 0 Å². The summed E-state index contributed by atoms with van der Waals surface area (Å²) in [6.07, 6.45) is 2.20. The lowest BCUT2D eigenvalue weighted by atomic mass is 10.0. The highest BCUT2D eigenvalue weighted by molar-refractivity contribution is 9.09. The second-order valence-corrected chi connectivity index (χ2v) is 5.78. The van der Waals surface area contributed by atoms with Crippen molar-refractivity contribution in [1.29, 1.82) is 0 Å². The fourth-order valence-corrected chi connectivity index (χ4v) is 2.58. The van der Waals surface area contributed by atoms with E-state index in [2.05, 4.69) is 60.1 Å². The number of nitrogens with zero attached hydrogens (tertiary/aromatic N) is 1. The smallest absolute Gasteiger partial charge is 0.0705 e.